The molecule has 1 aliphatic heterocycles. The first-order chi connectivity index (χ1) is 13.4. The van der Waals surface area contributed by atoms with Gasteiger partial charge in [0.1, 0.15) is 17.9 Å². The molecule has 3 heterocycles. The maximum Gasteiger partial charge on any atom is 0.282 e. The van der Waals surface area contributed by atoms with Crippen LogP contribution in [0.15, 0.2) is 16.6 Å². The fourth-order valence-electron chi connectivity index (χ4n) is 3.07. The van der Waals surface area contributed by atoms with Crippen LogP contribution in [0, 0.1) is 0 Å². The van der Waals surface area contributed by atoms with Crippen molar-refractivity contribution >= 4 is 23.5 Å². The summed E-state index contributed by atoms with van der Waals surface area (Å²) < 4.78 is 52.2. The lowest BCUT2D eigenvalue weighted by Gasteiger charge is -2.31. The zero-order valence-electron chi connectivity index (χ0n) is 14.5. The number of rotatable bonds is 6. The van der Waals surface area contributed by atoms with Gasteiger partial charge in [-0.3, -0.25) is 9.48 Å². The number of thiazole rings is 1. The molecular weight excluding hydrogens is 402 g/mol. The van der Waals surface area contributed by atoms with Gasteiger partial charge in [-0.2, -0.15) is 5.10 Å². The minimum atomic E-state index is -3.00. The maximum absolute atomic E-state index is 13.0. The highest BCUT2D eigenvalue weighted by molar-refractivity contribution is 7.09. The molecule has 1 fully saturated rings. The van der Waals surface area contributed by atoms with E-state index < -0.39 is 36.7 Å². The number of carbonyl (C=O) groups is 1. The largest absolute Gasteiger partial charge is 0.411 e. The van der Waals surface area contributed by atoms with Gasteiger partial charge >= 0.3 is 0 Å². The summed E-state index contributed by atoms with van der Waals surface area (Å²) in [5, 5.41) is 17.5. The van der Waals surface area contributed by atoms with E-state index in [0.717, 1.165) is 5.01 Å². The Balaban J connectivity index is 1.61. The predicted octanol–water partition coefficient (Wildman–Crippen LogP) is 3.43. The minimum Gasteiger partial charge on any atom is -0.411 e. The Hall–Kier alpha value is -2.50. The van der Waals surface area contributed by atoms with Crippen molar-refractivity contribution in [1.82, 2.24) is 19.7 Å². The molecule has 7 nitrogen and oxygen atoms in total. The Morgan fingerprint density at radius 3 is 2.64 bits per heavy atom. The first-order valence-corrected chi connectivity index (χ1v) is 9.31. The van der Waals surface area contributed by atoms with Crippen molar-refractivity contribution in [3.63, 3.8) is 0 Å². The third-order valence-electron chi connectivity index (χ3n) is 4.49. The summed E-state index contributed by atoms with van der Waals surface area (Å²) in [5.74, 6) is -0.307. The van der Waals surface area contributed by atoms with Crippen molar-refractivity contribution in [2.24, 2.45) is 5.16 Å². The monoisotopic (exact) mass is 419 g/mol. The lowest BCUT2D eigenvalue weighted by molar-refractivity contribution is -0.133. The lowest BCUT2D eigenvalue weighted by atomic mass is 9.97. The summed E-state index contributed by atoms with van der Waals surface area (Å²) in [6.07, 6.45) is -3.48. The van der Waals surface area contributed by atoms with Crippen molar-refractivity contribution in [3.05, 3.63) is 33.5 Å². The summed E-state index contributed by atoms with van der Waals surface area (Å²) in [7, 11) is 0. The summed E-state index contributed by atoms with van der Waals surface area (Å²) in [6, 6.07) is 0.630. The molecule has 0 aliphatic carbocycles. The number of nitrogens with zero attached hydrogens (tertiary/aromatic N) is 5. The summed E-state index contributed by atoms with van der Waals surface area (Å²) in [6.45, 7) is 0.296. The molecule has 1 N–H and O–H groups in total. The molecule has 1 aliphatic rings. The van der Waals surface area contributed by atoms with Gasteiger partial charge in [0.05, 0.1) is 16.9 Å². The molecule has 0 atom stereocenters. The average molecular weight is 419 g/mol. The Morgan fingerprint density at radius 1 is 1.32 bits per heavy atom. The molecule has 152 valence electrons. The maximum atomic E-state index is 13.0. The Kier molecular flexibility index (Phi) is 6.27. The quantitative estimate of drug-likeness (QED) is 0.337. The lowest BCUT2D eigenvalue weighted by Crippen LogP contribution is -2.40. The van der Waals surface area contributed by atoms with Crippen molar-refractivity contribution in [3.8, 4) is 0 Å². The van der Waals surface area contributed by atoms with Crippen molar-refractivity contribution in [2.75, 3.05) is 13.1 Å². The molecule has 2 aromatic rings. The number of piperidine rings is 1. The van der Waals surface area contributed by atoms with Crippen LogP contribution in [0.3, 0.4) is 0 Å². The van der Waals surface area contributed by atoms with Gasteiger partial charge in [0, 0.05) is 24.4 Å². The minimum absolute atomic E-state index is 0.140. The second kappa shape index (κ2) is 8.67. The van der Waals surface area contributed by atoms with Gasteiger partial charge in [0.25, 0.3) is 12.9 Å². The zero-order chi connectivity index (χ0) is 20.3. The van der Waals surface area contributed by atoms with Crippen molar-refractivity contribution in [2.45, 2.75) is 38.2 Å². The molecule has 28 heavy (non-hydrogen) atoms. The molecule has 0 saturated carbocycles. The Morgan fingerprint density at radius 2 is 2.04 bits per heavy atom. The van der Waals surface area contributed by atoms with Gasteiger partial charge in [-0.15, -0.1) is 11.3 Å². The third kappa shape index (κ3) is 4.49. The number of aromatic nitrogens is 3. The molecule has 0 aromatic carbocycles. The van der Waals surface area contributed by atoms with E-state index in [-0.39, 0.29) is 5.92 Å². The van der Waals surface area contributed by atoms with E-state index in [1.165, 1.54) is 22.5 Å². The Bertz CT molecular complexity index is 846. The highest BCUT2D eigenvalue weighted by Crippen LogP contribution is 2.30. The standard InChI is InChI=1S/C16H17F4N5O2S/c17-14(18)11-5-12(15(19)20)25(23-11)7-13(26)24-3-1-9(2-4-24)16-22-10(6-21-27)8-28-16/h5-6,8-9,14-15,27H,1-4,7H2. The summed E-state index contributed by atoms with van der Waals surface area (Å²) in [4.78, 5) is 18.3. The van der Waals surface area contributed by atoms with Crippen LogP contribution in [-0.4, -0.2) is 50.1 Å². The molecule has 3 rings (SSSR count). The summed E-state index contributed by atoms with van der Waals surface area (Å²) >= 11 is 1.43. The first kappa shape index (κ1) is 20.2. The van der Waals surface area contributed by atoms with Gasteiger partial charge < -0.3 is 10.1 Å². The van der Waals surface area contributed by atoms with E-state index in [1.54, 1.807) is 5.38 Å². The van der Waals surface area contributed by atoms with Gasteiger partial charge in [-0.25, -0.2) is 22.5 Å². The first-order valence-electron chi connectivity index (χ1n) is 8.43. The SMILES string of the molecule is O=C(Cn1nc(C(F)F)cc1C(F)F)N1CCC(c2nc(C=NO)cs2)CC1. The van der Waals surface area contributed by atoms with Crippen molar-refractivity contribution < 1.29 is 27.6 Å². The van der Waals surface area contributed by atoms with Crippen LogP contribution in [0.1, 0.15) is 53.7 Å². The fourth-order valence-corrected chi connectivity index (χ4v) is 4.01. The normalized spacial score (nSPS) is 16.0. The highest BCUT2D eigenvalue weighted by Gasteiger charge is 2.28. The van der Waals surface area contributed by atoms with Crippen LogP contribution in [0.5, 0.6) is 0 Å². The van der Waals surface area contributed by atoms with Crippen LogP contribution in [0.2, 0.25) is 0 Å². The van der Waals surface area contributed by atoms with Crippen LogP contribution in [0.25, 0.3) is 0 Å². The number of oxime groups is 1. The number of likely N-dealkylation sites (tertiary alicyclic amines) is 1. The van der Waals surface area contributed by atoms with E-state index in [0.29, 0.717) is 42.4 Å². The number of hydrogen-bond donors (Lipinski definition) is 1. The number of halogens is 4. The van der Waals surface area contributed by atoms with Gasteiger partial charge in [-0.05, 0) is 18.9 Å². The third-order valence-corrected chi connectivity index (χ3v) is 5.51. The van der Waals surface area contributed by atoms with Gasteiger partial charge in [-0.1, -0.05) is 5.16 Å². The second-order valence-electron chi connectivity index (χ2n) is 6.26. The molecular formula is C16H17F4N5O2S. The van der Waals surface area contributed by atoms with E-state index in [2.05, 4.69) is 15.2 Å². The number of carbonyl (C=O) groups excluding carboxylic acids is 1. The predicted molar refractivity (Wildman–Crippen MR) is 92.2 cm³/mol. The average Bonchev–Trinajstić information content (AvgIpc) is 3.29. The summed E-state index contributed by atoms with van der Waals surface area (Å²) in [5.41, 5.74) is -0.916. The zero-order valence-corrected chi connectivity index (χ0v) is 15.3. The smallest absolute Gasteiger partial charge is 0.282 e. The molecule has 0 spiro atoms. The topological polar surface area (TPSA) is 83.6 Å². The van der Waals surface area contributed by atoms with Crippen LogP contribution < -0.4 is 0 Å². The van der Waals surface area contributed by atoms with E-state index in [1.807, 2.05) is 0 Å². The molecule has 2 aromatic heterocycles. The number of alkyl halides is 4. The fraction of sp³-hybridized carbons (Fsp3) is 0.500. The van der Waals surface area contributed by atoms with Crippen molar-refractivity contribution in [1.29, 1.82) is 0 Å². The van der Waals surface area contributed by atoms with Crippen LogP contribution in [0.4, 0.5) is 17.6 Å². The van der Waals surface area contributed by atoms with E-state index in [9.17, 15) is 22.4 Å². The van der Waals surface area contributed by atoms with E-state index >= 15 is 0 Å². The van der Waals surface area contributed by atoms with Crippen LogP contribution in [-0.2, 0) is 11.3 Å². The molecule has 0 unspecified atom stereocenters. The molecule has 0 bridgehead atoms. The second-order valence-corrected chi connectivity index (χ2v) is 7.15. The molecule has 12 heteroatoms. The highest BCUT2D eigenvalue weighted by atomic mass is 32.1. The molecule has 1 amide bonds. The van der Waals surface area contributed by atoms with Crippen LogP contribution >= 0.6 is 11.3 Å². The van der Waals surface area contributed by atoms with Gasteiger partial charge in [0.15, 0.2) is 0 Å². The van der Waals surface area contributed by atoms with Gasteiger partial charge in [0.2, 0.25) is 5.91 Å². The number of amides is 1. The van der Waals surface area contributed by atoms with E-state index in [4.69, 9.17) is 5.21 Å². The molecule has 0 radical (unpaired) electrons. The number of hydrogen-bond acceptors (Lipinski definition) is 6. The molecule has 1 saturated heterocycles. The Labute approximate surface area is 161 Å².